The Morgan fingerprint density at radius 1 is 1.21 bits per heavy atom. The maximum atomic E-state index is 14.2. The fourth-order valence-electron chi connectivity index (χ4n) is 5.24. The molecule has 0 radical (unpaired) electrons. The molecule has 0 saturated carbocycles. The number of carbonyl (C=O) groups excluding carboxylic acids is 1. The first kappa shape index (κ1) is 27.1. The Kier molecular flexibility index (Phi) is 9.33. The van der Waals surface area contributed by atoms with E-state index < -0.39 is 0 Å². The molecule has 0 saturated heterocycles. The van der Waals surface area contributed by atoms with Crippen LogP contribution in [0.1, 0.15) is 66.8 Å². The molecule has 1 aromatic heterocycles. The predicted octanol–water partition coefficient (Wildman–Crippen LogP) is 4.67. The number of hydrogen-bond donors (Lipinski definition) is 3. The molecular weight excluding hydrogens is 472 g/mol. The zero-order valence-electron chi connectivity index (χ0n) is 22.2. The lowest BCUT2D eigenvalue weighted by atomic mass is 9.81. The van der Waals surface area contributed by atoms with Gasteiger partial charge in [0.05, 0.1) is 25.6 Å². The van der Waals surface area contributed by atoms with Gasteiger partial charge in [-0.2, -0.15) is 0 Å². The van der Waals surface area contributed by atoms with Gasteiger partial charge < -0.3 is 20.7 Å². The first-order valence-electron chi connectivity index (χ1n) is 13.6. The number of rotatable bonds is 11. The Bertz CT molecular complexity index is 1250. The van der Waals surface area contributed by atoms with Crippen LogP contribution in [0.4, 0.5) is 5.69 Å². The van der Waals surface area contributed by atoms with Crippen LogP contribution < -0.4 is 15.2 Å². The van der Waals surface area contributed by atoms with Crippen LogP contribution >= 0.6 is 0 Å². The summed E-state index contributed by atoms with van der Waals surface area (Å²) in [5.74, 6) is 0.141. The van der Waals surface area contributed by atoms with Gasteiger partial charge in [-0.25, -0.2) is 4.98 Å². The van der Waals surface area contributed by atoms with E-state index in [0.29, 0.717) is 13.1 Å². The topological polar surface area (TPSA) is 95.1 Å². The molecule has 1 aliphatic rings. The third kappa shape index (κ3) is 6.50. The van der Waals surface area contributed by atoms with Crippen molar-refractivity contribution in [2.45, 2.75) is 57.4 Å². The lowest BCUT2D eigenvalue weighted by molar-refractivity contribution is -0.620. The lowest BCUT2D eigenvalue weighted by Gasteiger charge is -2.31. The fourth-order valence-corrected chi connectivity index (χ4v) is 5.24. The average Bonchev–Trinajstić information content (AvgIpc) is 2.95. The monoisotopic (exact) mass is 511 g/mol. The number of nitrogens with zero attached hydrogens (tertiary/aromatic N) is 1. The SMILES string of the molecule is [CH2+]C(CCC)c1ccc(N(CC(C=N)=C[NH2+]Cc2cccc[nH+]2)C(=O)C2CCCc3c(O)cccc32)cc1. The van der Waals surface area contributed by atoms with E-state index in [9.17, 15) is 9.90 Å². The number of nitrogens with one attached hydrogen (secondary N) is 2. The van der Waals surface area contributed by atoms with Crippen LogP contribution in [0.5, 0.6) is 5.75 Å². The predicted molar refractivity (Wildman–Crippen MR) is 151 cm³/mol. The van der Waals surface area contributed by atoms with Crippen molar-refractivity contribution in [1.29, 1.82) is 5.41 Å². The molecule has 6 heteroatoms. The van der Waals surface area contributed by atoms with Gasteiger partial charge in [0.25, 0.3) is 0 Å². The van der Waals surface area contributed by atoms with Gasteiger partial charge >= 0.3 is 0 Å². The highest BCUT2D eigenvalue weighted by molar-refractivity contribution is 6.00. The van der Waals surface area contributed by atoms with Crippen LogP contribution in [0.25, 0.3) is 0 Å². The first-order valence-corrected chi connectivity index (χ1v) is 13.6. The number of nitrogens with two attached hydrogens (primary N) is 1. The van der Waals surface area contributed by atoms with Crippen LogP contribution in [0.15, 0.2) is 78.6 Å². The van der Waals surface area contributed by atoms with Crippen LogP contribution in [0, 0.1) is 12.3 Å². The van der Waals surface area contributed by atoms with Gasteiger partial charge in [0.2, 0.25) is 11.6 Å². The van der Waals surface area contributed by atoms with Crippen molar-refractivity contribution < 1.29 is 20.2 Å². The van der Waals surface area contributed by atoms with Gasteiger partial charge in [-0.3, -0.25) is 4.79 Å². The van der Waals surface area contributed by atoms with E-state index in [1.807, 2.05) is 60.2 Å². The van der Waals surface area contributed by atoms with E-state index in [-0.39, 0.29) is 23.5 Å². The molecule has 3 aromatic rings. The van der Waals surface area contributed by atoms with Crippen LogP contribution in [0.3, 0.4) is 0 Å². The minimum absolute atomic E-state index is 0.00632. The molecule has 1 aliphatic carbocycles. The number of amides is 1. The second-order valence-corrected chi connectivity index (χ2v) is 10.0. The molecule has 0 fully saturated rings. The summed E-state index contributed by atoms with van der Waals surface area (Å²) < 4.78 is 0. The molecule has 196 valence electrons. The zero-order chi connectivity index (χ0) is 26.9. The van der Waals surface area contributed by atoms with Gasteiger partial charge in [0.15, 0.2) is 12.7 Å². The van der Waals surface area contributed by atoms with Gasteiger partial charge in [-0.1, -0.05) is 37.6 Å². The number of phenols is 1. The Morgan fingerprint density at radius 2 is 2.03 bits per heavy atom. The van der Waals surface area contributed by atoms with Crippen molar-refractivity contribution >= 4 is 17.8 Å². The summed E-state index contributed by atoms with van der Waals surface area (Å²) in [6.45, 7) is 7.44. The molecule has 1 heterocycles. The van der Waals surface area contributed by atoms with Crippen molar-refractivity contribution in [1.82, 2.24) is 0 Å². The Hall–Kier alpha value is -3.90. The molecule has 0 aliphatic heterocycles. The number of aromatic amines is 1. The second-order valence-electron chi connectivity index (χ2n) is 10.0. The number of fused-ring (bicyclic) bond motifs is 1. The van der Waals surface area contributed by atoms with Crippen LogP contribution in [0.2, 0.25) is 0 Å². The molecule has 1 amide bonds. The van der Waals surface area contributed by atoms with E-state index in [4.69, 9.17) is 5.41 Å². The molecule has 2 unspecified atom stereocenters. The van der Waals surface area contributed by atoms with Crippen molar-refractivity contribution in [2.75, 3.05) is 11.4 Å². The summed E-state index contributed by atoms with van der Waals surface area (Å²) >= 11 is 0. The summed E-state index contributed by atoms with van der Waals surface area (Å²) in [4.78, 5) is 19.2. The van der Waals surface area contributed by atoms with Gasteiger partial charge in [-0.15, -0.1) is 0 Å². The maximum absolute atomic E-state index is 14.2. The molecule has 5 N–H and O–H groups in total. The van der Waals surface area contributed by atoms with E-state index in [1.54, 1.807) is 11.0 Å². The van der Waals surface area contributed by atoms with E-state index >= 15 is 0 Å². The number of pyridine rings is 1. The smallest absolute Gasteiger partial charge is 0.235 e. The minimum Gasteiger partial charge on any atom is -0.508 e. The maximum Gasteiger partial charge on any atom is 0.235 e. The van der Waals surface area contributed by atoms with Crippen molar-refractivity contribution in [3.8, 4) is 5.75 Å². The molecule has 0 spiro atoms. The first-order chi connectivity index (χ1) is 18.5. The van der Waals surface area contributed by atoms with E-state index in [2.05, 4.69) is 31.0 Å². The van der Waals surface area contributed by atoms with Crippen LogP contribution in [-0.2, 0) is 17.8 Å². The number of anilines is 1. The molecule has 6 nitrogen and oxygen atoms in total. The number of benzene rings is 2. The summed E-state index contributed by atoms with van der Waals surface area (Å²) in [5, 5.41) is 20.5. The molecule has 0 bridgehead atoms. The average molecular weight is 512 g/mol. The van der Waals surface area contributed by atoms with Crippen molar-refractivity contribution in [2.24, 2.45) is 0 Å². The fraction of sp³-hybridized carbons (Fsp3) is 0.312. The normalized spacial score (nSPS) is 15.9. The second kappa shape index (κ2) is 13.1. The summed E-state index contributed by atoms with van der Waals surface area (Å²) in [7, 11) is 0. The standard InChI is InChI=1S/C32H36N4O2/c1-3-8-23(2)25-14-16-27(17-15-25)36(22-24(19-33)20-34-21-26-9-4-5-18-35-26)32(38)30-12-6-11-29-28(30)10-7-13-31(29)37/h4-5,7,9-10,13-20,23,30H,2-3,6,8,11-12,21-22H2,1H3,(H2-,33,34,37)/p+3. The van der Waals surface area contributed by atoms with Crippen LogP contribution in [-0.4, -0.2) is 23.8 Å². The molecule has 38 heavy (non-hydrogen) atoms. The van der Waals surface area contributed by atoms with E-state index in [1.165, 1.54) is 6.21 Å². The number of aromatic nitrogens is 1. The van der Waals surface area contributed by atoms with Gasteiger partial charge in [0, 0.05) is 29.6 Å². The minimum atomic E-state index is -0.332. The van der Waals surface area contributed by atoms with Gasteiger partial charge in [0.1, 0.15) is 11.7 Å². The Balaban J connectivity index is 1.62. The molecule has 2 atom stereocenters. The lowest BCUT2D eigenvalue weighted by Crippen LogP contribution is -2.77. The third-order valence-corrected chi connectivity index (χ3v) is 7.33. The molecular formula is C32H39N4O2+3. The van der Waals surface area contributed by atoms with Gasteiger partial charge in [-0.05, 0) is 66.6 Å². The highest BCUT2D eigenvalue weighted by Gasteiger charge is 2.32. The van der Waals surface area contributed by atoms with E-state index in [0.717, 1.165) is 65.7 Å². The number of H-pyrrole nitrogens is 1. The number of quaternary nitrogens is 1. The Labute approximate surface area is 225 Å². The van der Waals surface area contributed by atoms with Crippen molar-refractivity contribution in [3.63, 3.8) is 0 Å². The van der Waals surface area contributed by atoms with Crippen molar-refractivity contribution in [3.05, 3.63) is 108 Å². The summed E-state index contributed by atoms with van der Waals surface area (Å²) in [5.41, 5.74) is 5.57. The number of phenolic OH excluding ortho intramolecular Hbond substituents is 1. The summed E-state index contributed by atoms with van der Waals surface area (Å²) in [6, 6.07) is 19.6. The summed E-state index contributed by atoms with van der Waals surface area (Å²) in [6.07, 6.45) is 9.59. The largest absolute Gasteiger partial charge is 0.508 e. The quantitative estimate of drug-likeness (QED) is 0.258. The highest BCUT2D eigenvalue weighted by atomic mass is 16.3. The number of aromatic hydroxyl groups is 1. The molecule has 2 aromatic carbocycles. The zero-order valence-corrected chi connectivity index (χ0v) is 22.2. The highest BCUT2D eigenvalue weighted by Crippen LogP contribution is 2.38. The number of carbonyl (C=O) groups is 1. The molecule has 4 rings (SSSR count). The number of hydrogen-bond acceptors (Lipinski definition) is 3. The Morgan fingerprint density at radius 3 is 2.74 bits per heavy atom. The third-order valence-electron chi connectivity index (χ3n) is 7.33.